The van der Waals surface area contributed by atoms with Gasteiger partial charge in [-0.25, -0.2) is 0 Å². The molecule has 2 rings (SSSR count). The molecule has 1 fully saturated rings. The number of rotatable bonds is 3. The molecule has 19 heavy (non-hydrogen) atoms. The summed E-state index contributed by atoms with van der Waals surface area (Å²) in [6.45, 7) is 3.19. The quantitative estimate of drug-likeness (QED) is 0.931. The normalized spacial score (nSPS) is 15.6. The van der Waals surface area contributed by atoms with E-state index in [2.05, 4.69) is 5.32 Å². The molecule has 0 radical (unpaired) electrons. The molecular formula is C13H14Cl2N2O2. The number of halogens is 2. The van der Waals surface area contributed by atoms with Gasteiger partial charge in [0.2, 0.25) is 5.91 Å². The van der Waals surface area contributed by atoms with E-state index in [1.165, 1.54) is 0 Å². The Labute approximate surface area is 121 Å². The highest BCUT2D eigenvalue weighted by Crippen LogP contribution is 2.25. The molecule has 1 aliphatic heterocycles. The third kappa shape index (κ3) is 3.01. The molecule has 6 heteroatoms. The highest BCUT2D eigenvalue weighted by atomic mass is 35.5. The lowest BCUT2D eigenvalue weighted by Crippen LogP contribution is -2.51. The van der Waals surface area contributed by atoms with Crippen molar-refractivity contribution in [2.75, 3.05) is 13.1 Å². The summed E-state index contributed by atoms with van der Waals surface area (Å²) in [5, 5.41) is 3.15. The van der Waals surface area contributed by atoms with Crippen LogP contribution >= 0.6 is 23.2 Å². The lowest BCUT2D eigenvalue weighted by atomic mass is 10.1. The van der Waals surface area contributed by atoms with Gasteiger partial charge in [0, 0.05) is 13.1 Å². The first kappa shape index (κ1) is 14.2. The Balaban J connectivity index is 2.04. The third-order valence-electron chi connectivity index (χ3n) is 3.08. The average Bonchev–Trinajstić information content (AvgIpc) is 2.30. The molecule has 1 atom stereocenters. The maximum absolute atomic E-state index is 12.0. The van der Waals surface area contributed by atoms with Gasteiger partial charge < -0.3 is 10.2 Å². The van der Waals surface area contributed by atoms with Crippen LogP contribution in [0.5, 0.6) is 0 Å². The van der Waals surface area contributed by atoms with E-state index in [0.717, 1.165) is 19.5 Å². The van der Waals surface area contributed by atoms with E-state index in [-0.39, 0.29) is 16.5 Å². The third-order valence-corrected chi connectivity index (χ3v) is 3.90. The van der Waals surface area contributed by atoms with Crippen LogP contribution in [-0.2, 0) is 4.79 Å². The van der Waals surface area contributed by atoms with Gasteiger partial charge in [-0.1, -0.05) is 29.3 Å². The smallest absolute Gasteiger partial charge is 0.253 e. The number of carbonyl (C=O) groups is 2. The summed E-state index contributed by atoms with van der Waals surface area (Å²) in [7, 11) is 0. The molecular weight excluding hydrogens is 287 g/mol. The molecule has 2 amide bonds. The molecule has 0 aromatic heterocycles. The molecule has 1 aromatic carbocycles. The van der Waals surface area contributed by atoms with Gasteiger partial charge in [0.25, 0.3) is 5.91 Å². The lowest BCUT2D eigenvalue weighted by molar-refractivity contribution is -0.136. The number of hydrogen-bond acceptors (Lipinski definition) is 2. The van der Waals surface area contributed by atoms with Crippen molar-refractivity contribution in [1.82, 2.24) is 10.2 Å². The minimum absolute atomic E-state index is 0.0715. The number of benzene rings is 1. The molecule has 1 saturated heterocycles. The van der Waals surface area contributed by atoms with Crippen LogP contribution in [0.2, 0.25) is 10.0 Å². The van der Waals surface area contributed by atoms with Gasteiger partial charge in [-0.05, 0) is 25.5 Å². The van der Waals surface area contributed by atoms with Crippen molar-refractivity contribution in [2.45, 2.75) is 19.4 Å². The highest BCUT2D eigenvalue weighted by Gasteiger charge is 2.26. The molecule has 0 saturated carbocycles. The lowest BCUT2D eigenvalue weighted by Gasteiger charge is -2.33. The summed E-state index contributed by atoms with van der Waals surface area (Å²) >= 11 is 11.8. The van der Waals surface area contributed by atoms with Gasteiger partial charge in [0.05, 0.1) is 15.6 Å². The van der Waals surface area contributed by atoms with Gasteiger partial charge in [-0.2, -0.15) is 0 Å². The van der Waals surface area contributed by atoms with E-state index in [0.29, 0.717) is 5.02 Å². The minimum Gasteiger partial charge on any atom is -0.341 e. The molecule has 1 heterocycles. The van der Waals surface area contributed by atoms with E-state index >= 15 is 0 Å². The molecule has 0 bridgehead atoms. The van der Waals surface area contributed by atoms with Crippen molar-refractivity contribution < 1.29 is 9.59 Å². The Morgan fingerprint density at radius 3 is 2.58 bits per heavy atom. The summed E-state index contributed by atoms with van der Waals surface area (Å²) in [6.07, 6.45) is 1.02. The Kier molecular flexibility index (Phi) is 4.32. The zero-order valence-corrected chi connectivity index (χ0v) is 12.0. The first-order valence-corrected chi connectivity index (χ1v) is 6.80. The Bertz CT molecular complexity index is 515. The fourth-order valence-corrected chi connectivity index (χ4v) is 2.21. The van der Waals surface area contributed by atoms with Crippen molar-refractivity contribution in [3.8, 4) is 0 Å². The Morgan fingerprint density at radius 1 is 1.32 bits per heavy atom. The zero-order valence-electron chi connectivity index (χ0n) is 10.5. The van der Waals surface area contributed by atoms with Crippen molar-refractivity contribution in [3.63, 3.8) is 0 Å². The van der Waals surface area contributed by atoms with Crippen LogP contribution < -0.4 is 5.32 Å². The predicted octanol–water partition coefficient (Wildman–Crippen LogP) is 2.34. The van der Waals surface area contributed by atoms with Gasteiger partial charge >= 0.3 is 0 Å². The summed E-state index contributed by atoms with van der Waals surface area (Å²) in [4.78, 5) is 25.6. The van der Waals surface area contributed by atoms with Crippen molar-refractivity contribution in [1.29, 1.82) is 0 Å². The van der Waals surface area contributed by atoms with Crippen LogP contribution in [0.4, 0.5) is 0 Å². The van der Waals surface area contributed by atoms with Gasteiger partial charge in [-0.15, -0.1) is 0 Å². The van der Waals surface area contributed by atoms with Crippen LogP contribution in [0.3, 0.4) is 0 Å². The number of amides is 2. The van der Waals surface area contributed by atoms with Crippen LogP contribution in [0.1, 0.15) is 23.7 Å². The molecule has 102 valence electrons. The number of carbonyl (C=O) groups excluding carboxylic acids is 2. The van der Waals surface area contributed by atoms with Crippen LogP contribution in [-0.4, -0.2) is 35.8 Å². The number of nitrogens with zero attached hydrogens (tertiary/aromatic N) is 1. The van der Waals surface area contributed by atoms with Crippen LogP contribution in [0.25, 0.3) is 0 Å². The number of hydrogen-bond donors (Lipinski definition) is 1. The van der Waals surface area contributed by atoms with E-state index in [4.69, 9.17) is 23.2 Å². The molecule has 1 aliphatic rings. The Morgan fingerprint density at radius 2 is 2.00 bits per heavy atom. The molecule has 1 aromatic rings. The first-order valence-electron chi connectivity index (χ1n) is 6.04. The van der Waals surface area contributed by atoms with E-state index in [9.17, 15) is 9.59 Å². The van der Waals surface area contributed by atoms with Crippen LogP contribution in [0, 0.1) is 0 Å². The van der Waals surface area contributed by atoms with E-state index in [1.807, 2.05) is 0 Å². The van der Waals surface area contributed by atoms with E-state index < -0.39 is 11.9 Å². The molecule has 0 spiro atoms. The molecule has 0 aliphatic carbocycles. The maximum Gasteiger partial charge on any atom is 0.253 e. The second-order valence-electron chi connectivity index (χ2n) is 4.48. The predicted molar refractivity (Wildman–Crippen MR) is 74.6 cm³/mol. The topological polar surface area (TPSA) is 49.4 Å². The minimum atomic E-state index is -0.567. The summed E-state index contributed by atoms with van der Waals surface area (Å²) < 4.78 is 0. The number of likely N-dealkylation sites (tertiary alicyclic amines) is 1. The van der Waals surface area contributed by atoms with Crippen molar-refractivity contribution >= 4 is 35.0 Å². The molecule has 1 N–H and O–H groups in total. The van der Waals surface area contributed by atoms with Gasteiger partial charge in [0.15, 0.2) is 0 Å². The van der Waals surface area contributed by atoms with Gasteiger partial charge in [-0.3, -0.25) is 9.59 Å². The number of nitrogens with one attached hydrogen (secondary N) is 1. The highest BCUT2D eigenvalue weighted by molar-refractivity contribution is 6.43. The second-order valence-corrected chi connectivity index (χ2v) is 5.26. The molecule has 4 nitrogen and oxygen atoms in total. The van der Waals surface area contributed by atoms with E-state index in [1.54, 1.807) is 30.0 Å². The largest absolute Gasteiger partial charge is 0.341 e. The van der Waals surface area contributed by atoms with Crippen molar-refractivity contribution in [3.05, 3.63) is 33.8 Å². The maximum atomic E-state index is 12.0. The summed E-state index contributed by atoms with van der Waals surface area (Å²) in [5.74, 6) is -0.466. The van der Waals surface area contributed by atoms with Crippen molar-refractivity contribution in [2.24, 2.45) is 0 Å². The van der Waals surface area contributed by atoms with Gasteiger partial charge in [0.1, 0.15) is 6.04 Å². The zero-order chi connectivity index (χ0) is 14.0. The van der Waals surface area contributed by atoms with Crippen LogP contribution in [0.15, 0.2) is 18.2 Å². The SMILES string of the molecule is CC(NC(=O)c1cccc(Cl)c1Cl)C(=O)N1CCC1. The fraction of sp³-hybridized carbons (Fsp3) is 0.385. The second kappa shape index (κ2) is 5.80. The summed E-state index contributed by atoms with van der Waals surface area (Å²) in [5.41, 5.74) is 0.275. The standard InChI is InChI=1S/C13H14Cl2N2O2/c1-8(13(19)17-6-3-7-17)16-12(18)9-4-2-5-10(14)11(9)15/h2,4-5,8H,3,6-7H2,1H3,(H,16,18). The Hall–Kier alpha value is -1.26. The summed E-state index contributed by atoms with van der Waals surface area (Å²) in [6, 6.07) is 4.26. The first-order chi connectivity index (χ1) is 9.00. The fourth-order valence-electron chi connectivity index (χ4n) is 1.83. The molecule has 1 unspecified atom stereocenters. The monoisotopic (exact) mass is 300 g/mol. The average molecular weight is 301 g/mol.